The number of carbonyl (C=O) groups excluding carboxylic acids is 1. The zero-order chi connectivity index (χ0) is 18.8. The van der Waals surface area contributed by atoms with E-state index in [0.717, 1.165) is 5.56 Å². The van der Waals surface area contributed by atoms with E-state index >= 15 is 0 Å². The quantitative estimate of drug-likeness (QED) is 0.309. The van der Waals surface area contributed by atoms with Gasteiger partial charge in [0.15, 0.2) is 5.69 Å². The van der Waals surface area contributed by atoms with Crippen molar-refractivity contribution in [3.8, 4) is 11.4 Å². The van der Waals surface area contributed by atoms with Crippen LogP contribution in [0.15, 0.2) is 42.5 Å². The zero-order valence-corrected chi connectivity index (χ0v) is 14.5. The molecule has 0 fully saturated rings. The lowest BCUT2D eigenvalue weighted by atomic mass is 10.1. The molecule has 0 N–H and O–H groups in total. The van der Waals surface area contributed by atoms with Gasteiger partial charge >= 0.3 is 5.97 Å². The Bertz CT molecular complexity index is 993. The summed E-state index contributed by atoms with van der Waals surface area (Å²) in [6.45, 7) is 5.36. The Hall–Kier alpha value is -3.55. The van der Waals surface area contributed by atoms with Crippen LogP contribution in [0.4, 0.5) is 5.69 Å². The summed E-state index contributed by atoms with van der Waals surface area (Å²) in [5.41, 5.74) is 2.87. The van der Waals surface area contributed by atoms with Crippen LogP contribution in [0.2, 0.25) is 0 Å². The van der Waals surface area contributed by atoms with Gasteiger partial charge in [-0.05, 0) is 44.5 Å². The molecule has 0 amide bonds. The number of hydrogen-bond donors (Lipinski definition) is 0. The van der Waals surface area contributed by atoms with Crippen LogP contribution in [0.25, 0.3) is 5.69 Å². The standard InChI is InChI=1S/C18H16N4O4/c1-11-4-7-15(8-5-11)26-18(23)17-13(3)21(20-19-17)16-9-6-14(22(24)25)10-12(16)2/h4-10H,1-3H3. The average Bonchev–Trinajstić information content (AvgIpc) is 2.98. The van der Waals surface area contributed by atoms with Crippen LogP contribution < -0.4 is 4.74 Å². The van der Waals surface area contributed by atoms with E-state index in [9.17, 15) is 14.9 Å². The number of aromatic nitrogens is 3. The van der Waals surface area contributed by atoms with E-state index in [1.807, 2.05) is 19.1 Å². The number of benzene rings is 2. The van der Waals surface area contributed by atoms with Gasteiger partial charge in [0.1, 0.15) is 5.75 Å². The molecule has 0 bridgehead atoms. The predicted octanol–water partition coefficient (Wildman–Crippen LogP) is 3.32. The van der Waals surface area contributed by atoms with Crippen molar-refractivity contribution in [1.82, 2.24) is 15.0 Å². The van der Waals surface area contributed by atoms with Crippen LogP contribution in [0.5, 0.6) is 5.75 Å². The summed E-state index contributed by atoms with van der Waals surface area (Å²) >= 11 is 0. The third-order valence-corrected chi connectivity index (χ3v) is 3.94. The Morgan fingerprint density at radius 3 is 2.42 bits per heavy atom. The first-order valence-corrected chi connectivity index (χ1v) is 7.83. The van der Waals surface area contributed by atoms with Crippen LogP contribution in [-0.2, 0) is 0 Å². The van der Waals surface area contributed by atoms with Gasteiger partial charge in [-0.2, -0.15) is 0 Å². The van der Waals surface area contributed by atoms with Gasteiger partial charge in [0.05, 0.1) is 16.3 Å². The van der Waals surface area contributed by atoms with Crippen LogP contribution >= 0.6 is 0 Å². The minimum Gasteiger partial charge on any atom is -0.422 e. The maximum absolute atomic E-state index is 12.4. The van der Waals surface area contributed by atoms with Crippen molar-refractivity contribution in [2.45, 2.75) is 20.8 Å². The van der Waals surface area contributed by atoms with Gasteiger partial charge in [0.2, 0.25) is 0 Å². The summed E-state index contributed by atoms with van der Waals surface area (Å²) in [5.74, 6) is -0.196. The van der Waals surface area contributed by atoms with Gasteiger partial charge in [-0.15, -0.1) is 5.10 Å². The molecule has 0 aliphatic heterocycles. The molecule has 3 rings (SSSR count). The molecule has 132 valence electrons. The fraction of sp³-hybridized carbons (Fsp3) is 0.167. The number of rotatable bonds is 4. The predicted molar refractivity (Wildman–Crippen MR) is 93.6 cm³/mol. The van der Waals surface area contributed by atoms with Crippen LogP contribution in [0.1, 0.15) is 27.3 Å². The smallest absolute Gasteiger partial charge is 0.366 e. The molecule has 0 aliphatic rings. The van der Waals surface area contributed by atoms with E-state index in [1.54, 1.807) is 32.0 Å². The Labute approximate surface area is 149 Å². The molecular weight excluding hydrogens is 336 g/mol. The molecular formula is C18H16N4O4. The lowest BCUT2D eigenvalue weighted by molar-refractivity contribution is -0.384. The number of non-ortho nitro benzene ring substituents is 1. The minimum atomic E-state index is -0.614. The van der Waals surface area contributed by atoms with Crippen molar-refractivity contribution in [2.75, 3.05) is 0 Å². The van der Waals surface area contributed by atoms with E-state index in [1.165, 1.54) is 16.8 Å². The van der Waals surface area contributed by atoms with Gasteiger partial charge in [0, 0.05) is 12.1 Å². The number of nitro benzene ring substituents is 1. The third kappa shape index (κ3) is 3.30. The first-order valence-electron chi connectivity index (χ1n) is 7.83. The first-order chi connectivity index (χ1) is 12.4. The number of hydrogen-bond acceptors (Lipinski definition) is 6. The molecule has 26 heavy (non-hydrogen) atoms. The lowest BCUT2D eigenvalue weighted by Crippen LogP contribution is -2.11. The SMILES string of the molecule is Cc1ccc(OC(=O)c2nnn(-c3ccc([N+](=O)[O-])cc3C)c2C)cc1. The fourth-order valence-electron chi connectivity index (χ4n) is 2.50. The van der Waals surface area contributed by atoms with Gasteiger partial charge in [-0.25, -0.2) is 9.48 Å². The maximum Gasteiger partial charge on any atom is 0.366 e. The second-order valence-corrected chi connectivity index (χ2v) is 5.87. The summed E-state index contributed by atoms with van der Waals surface area (Å²) in [4.78, 5) is 22.8. The number of aryl methyl sites for hydroxylation is 2. The number of esters is 1. The van der Waals surface area contributed by atoms with Crippen LogP contribution in [-0.4, -0.2) is 25.9 Å². The van der Waals surface area contributed by atoms with Crippen LogP contribution in [0.3, 0.4) is 0 Å². The molecule has 0 aliphatic carbocycles. The highest BCUT2D eigenvalue weighted by Gasteiger charge is 2.21. The van der Waals surface area contributed by atoms with Gasteiger partial charge in [0.25, 0.3) is 5.69 Å². The van der Waals surface area contributed by atoms with E-state index in [-0.39, 0.29) is 11.4 Å². The molecule has 2 aromatic carbocycles. The Kier molecular flexibility index (Phi) is 4.49. The highest BCUT2D eigenvalue weighted by molar-refractivity contribution is 5.90. The summed E-state index contributed by atoms with van der Waals surface area (Å²) < 4.78 is 6.79. The van der Waals surface area contributed by atoms with Gasteiger partial charge < -0.3 is 4.74 Å². The average molecular weight is 352 g/mol. The summed E-state index contributed by atoms with van der Waals surface area (Å²) in [7, 11) is 0. The van der Waals surface area contributed by atoms with E-state index < -0.39 is 10.9 Å². The number of nitro groups is 1. The van der Waals surface area contributed by atoms with Gasteiger partial charge in [-0.3, -0.25) is 10.1 Å². The van der Waals surface area contributed by atoms with E-state index in [2.05, 4.69) is 10.3 Å². The number of nitrogens with zero attached hydrogens (tertiary/aromatic N) is 4. The summed E-state index contributed by atoms with van der Waals surface area (Å²) in [6.07, 6.45) is 0. The van der Waals surface area contributed by atoms with E-state index in [0.29, 0.717) is 22.7 Å². The molecule has 0 spiro atoms. The van der Waals surface area contributed by atoms with Crippen LogP contribution in [0, 0.1) is 30.9 Å². The zero-order valence-electron chi connectivity index (χ0n) is 14.5. The normalized spacial score (nSPS) is 10.6. The summed E-state index contributed by atoms with van der Waals surface area (Å²) in [6, 6.07) is 11.5. The largest absolute Gasteiger partial charge is 0.422 e. The van der Waals surface area contributed by atoms with Gasteiger partial charge in [-0.1, -0.05) is 22.9 Å². The third-order valence-electron chi connectivity index (χ3n) is 3.94. The second-order valence-electron chi connectivity index (χ2n) is 5.87. The maximum atomic E-state index is 12.4. The fourth-order valence-corrected chi connectivity index (χ4v) is 2.50. The van der Waals surface area contributed by atoms with E-state index in [4.69, 9.17) is 4.74 Å². The second kappa shape index (κ2) is 6.75. The van der Waals surface area contributed by atoms with Crippen molar-refractivity contribution in [3.63, 3.8) is 0 Å². The minimum absolute atomic E-state index is 0.0111. The molecule has 1 heterocycles. The molecule has 0 saturated heterocycles. The van der Waals surface area contributed by atoms with Crippen molar-refractivity contribution < 1.29 is 14.5 Å². The molecule has 8 nitrogen and oxygen atoms in total. The molecule has 3 aromatic rings. The lowest BCUT2D eigenvalue weighted by Gasteiger charge is -2.07. The number of ether oxygens (including phenoxy) is 1. The monoisotopic (exact) mass is 352 g/mol. The molecule has 0 unspecified atom stereocenters. The molecule has 0 saturated carbocycles. The highest BCUT2D eigenvalue weighted by atomic mass is 16.6. The Balaban J connectivity index is 1.89. The van der Waals surface area contributed by atoms with Crippen molar-refractivity contribution in [2.24, 2.45) is 0 Å². The molecule has 0 atom stereocenters. The summed E-state index contributed by atoms with van der Waals surface area (Å²) in [5, 5.41) is 18.8. The topological polar surface area (TPSA) is 100 Å². The molecule has 0 radical (unpaired) electrons. The Morgan fingerprint density at radius 1 is 1.12 bits per heavy atom. The van der Waals surface area contributed by atoms with Crippen molar-refractivity contribution >= 4 is 11.7 Å². The Morgan fingerprint density at radius 2 is 1.81 bits per heavy atom. The molecule has 8 heteroatoms. The first kappa shape index (κ1) is 17.3. The van der Waals surface area contributed by atoms with Crippen molar-refractivity contribution in [1.29, 1.82) is 0 Å². The number of carbonyl (C=O) groups is 1. The van der Waals surface area contributed by atoms with Crippen molar-refractivity contribution in [3.05, 3.63) is 75.1 Å². The highest BCUT2D eigenvalue weighted by Crippen LogP contribution is 2.22. The molecule has 1 aromatic heterocycles.